The summed E-state index contributed by atoms with van der Waals surface area (Å²) in [5.41, 5.74) is 2.67. The van der Waals surface area contributed by atoms with Gasteiger partial charge in [0.1, 0.15) is 4.70 Å². The number of quaternary nitrogens is 2. The molecule has 2 heterocycles. The maximum Gasteiger partial charge on any atom is 0.262 e. The molecule has 0 amide bonds. The van der Waals surface area contributed by atoms with Crippen LogP contribution in [0.2, 0.25) is 0 Å². The summed E-state index contributed by atoms with van der Waals surface area (Å²) in [6.07, 6.45) is 13.4. The molecule has 2 aromatic carbocycles. The fraction of sp³-hybridized carbons (Fsp3) is 0.387. The molecule has 40 heavy (non-hydrogen) atoms. The fourth-order valence-electron chi connectivity index (χ4n) is 4.56. The Morgan fingerprint density at radius 2 is 1.43 bits per heavy atom. The maximum absolute atomic E-state index is 2.48. The van der Waals surface area contributed by atoms with Gasteiger partial charge in [-0.25, -0.2) is 0 Å². The Kier molecular flexibility index (Phi) is 15.4. The number of halogens is 3. The van der Waals surface area contributed by atoms with Crippen LogP contribution in [0.4, 0.5) is 5.69 Å². The summed E-state index contributed by atoms with van der Waals surface area (Å²) in [7, 11) is 13.6. The molecule has 0 saturated carbocycles. The third-order valence-corrected chi connectivity index (χ3v) is 8.66. The first kappa shape index (κ1) is 37.1. The van der Waals surface area contributed by atoms with Crippen molar-refractivity contribution < 1.29 is 64.5 Å². The molecule has 0 N–H and O–H groups in total. The van der Waals surface area contributed by atoms with Crippen LogP contribution in [0.1, 0.15) is 17.8 Å². The zero-order valence-electron chi connectivity index (χ0n) is 24.5. The number of aryl methyl sites for hydroxylation is 1. The summed E-state index contributed by atoms with van der Waals surface area (Å²) in [4.78, 5) is 3.83. The van der Waals surface area contributed by atoms with Crippen molar-refractivity contribution in [3.63, 3.8) is 0 Å². The van der Waals surface area contributed by atoms with Crippen LogP contribution in [0.25, 0.3) is 16.3 Å². The number of hydrogen-bond donors (Lipinski definition) is 0. The van der Waals surface area contributed by atoms with Crippen molar-refractivity contribution in [1.29, 1.82) is 0 Å². The Bertz CT molecular complexity index is 1300. The predicted molar refractivity (Wildman–Crippen MR) is 163 cm³/mol. The third kappa shape index (κ3) is 10.7. The summed E-state index contributed by atoms with van der Waals surface area (Å²) in [6, 6.07) is 17.5. The van der Waals surface area contributed by atoms with Crippen LogP contribution < -0.4 is 60.4 Å². The lowest BCUT2D eigenvalue weighted by molar-refractivity contribution is -0.873. The van der Waals surface area contributed by atoms with Gasteiger partial charge in [0.25, 0.3) is 5.01 Å². The van der Waals surface area contributed by atoms with Crippen LogP contribution in [-0.2, 0) is 6.54 Å². The van der Waals surface area contributed by atoms with E-state index in [0.29, 0.717) is 0 Å². The highest BCUT2D eigenvalue weighted by molar-refractivity contribution is 8.03. The number of thiazole rings is 1. The van der Waals surface area contributed by atoms with Crippen molar-refractivity contribution >= 4 is 45.1 Å². The van der Waals surface area contributed by atoms with Gasteiger partial charge in [0.05, 0.1) is 72.5 Å². The lowest BCUT2D eigenvalue weighted by Crippen LogP contribution is -3.00. The van der Waals surface area contributed by atoms with Gasteiger partial charge in [-0.15, -0.1) is 0 Å². The summed E-state index contributed by atoms with van der Waals surface area (Å²) in [5, 5.41) is 2.62. The van der Waals surface area contributed by atoms with E-state index in [9.17, 15) is 0 Å². The number of thioether (sulfide) groups is 1. The highest BCUT2D eigenvalue weighted by atomic mass is 79.9. The Hall–Kier alpha value is -0.940. The lowest BCUT2D eigenvalue weighted by Gasteiger charge is -2.26. The van der Waals surface area contributed by atoms with Gasteiger partial charge in [0, 0.05) is 30.0 Å². The van der Waals surface area contributed by atoms with E-state index in [1.165, 1.54) is 56.8 Å². The molecule has 0 saturated heterocycles. The quantitative estimate of drug-likeness (QED) is 0.120. The van der Waals surface area contributed by atoms with E-state index in [1.54, 1.807) is 0 Å². The van der Waals surface area contributed by atoms with Gasteiger partial charge in [-0.05, 0) is 24.3 Å². The number of anilines is 1. The molecule has 1 aromatic heterocycles. The van der Waals surface area contributed by atoms with E-state index >= 15 is 0 Å². The molecule has 0 atom stereocenters. The number of allylic oxidation sites excluding steroid dienone is 4. The number of rotatable bonds is 11. The molecule has 4 rings (SSSR count). The first-order valence-electron chi connectivity index (χ1n) is 13.2. The molecule has 0 fully saturated rings. The van der Waals surface area contributed by atoms with E-state index < -0.39 is 0 Å². The fourth-order valence-corrected chi connectivity index (χ4v) is 6.76. The van der Waals surface area contributed by atoms with E-state index in [1.807, 2.05) is 23.1 Å². The second-order valence-electron chi connectivity index (χ2n) is 11.8. The molecule has 0 radical (unpaired) electrons. The summed E-state index contributed by atoms with van der Waals surface area (Å²) < 4.78 is 5.83. The van der Waals surface area contributed by atoms with Gasteiger partial charge in [0.15, 0.2) is 6.54 Å². The van der Waals surface area contributed by atoms with Crippen LogP contribution in [0.5, 0.6) is 0 Å². The average molecular weight is 776 g/mol. The number of benzene rings is 2. The number of aromatic nitrogens is 1. The minimum atomic E-state index is 0. The van der Waals surface area contributed by atoms with Gasteiger partial charge in [-0.1, -0.05) is 65.6 Å². The minimum Gasteiger partial charge on any atom is -1.00 e. The van der Waals surface area contributed by atoms with Crippen molar-refractivity contribution in [2.75, 3.05) is 66.8 Å². The average Bonchev–Trinajstić information content (AvgIpc) is 3.35. The topological polar surface area (TPSA) is 7.12 Å². The Balaban J connectivity index is 0.00000267. The van der Waals surface area contributed by atoms with Crippen molar-refractivity contribution in [1.82, 2.24) is 0 Å². The largest absolute Gasteiger partial charge is 1.00 e. The lowest BCUT2D eigenvalue weighted by atomic mass is 10.2. The molecule has 0 spiro atoms. The number of hydrogen-bond acceptors (Lipinski definition) is 3. The smallest absolute Gasteiger partial charge is 0.262 e. The normalized spacial score (nSPS) is 14.4. The second-order valence-corrected chi connectivity index (χ2v) is 13.9. The molecule has 0 aliphatic carbocycles. The molecular weight excluding hydrogens is 732 g/mol. The van der Waals surface area contributed by atoms with Crippen LogP contribution in [0.15, 0.2) is 82.8 Å². The van der Waals surface area contributed by atoms with Crippen LogP contribution in [-0.4, -0.2) is 70.9 Å². The van der Waals surface area contributed by atoms with E-state index in [0.717, 1.165) is 22.1 Å². The molecule has 3 aromatic rings. The molecule has 1 aliphatic rings. The Morgan fingerprint density at radius 3 is 2.15 bits per heavy atom. The van der Waals surface area contributed by atoms with E-state index in [2.05, 4.69) is 131 Å². The molecule has 220 valence electrons. The molecule has 4 nitrogen and oxygen atoms in total. The minimum absolute atomic E-state index is 0. The van der Waals surface area contributed by atoms with Crippen molar-refractivity contribution in [3.8, 4) is 0 Å². The van der Waals surface area contributed by atoms with Crippen molar-refractivity contribution in [3.05, 3.63) is 82.9 Å². The maximum atomic E-state index is 2.48. The van der Waals surface area contributed by atoms with Crippen molar-refractivity contribution in [2.45, 2.75) is 24.3 Å². The second kappa shape index (κ2) is 16.6. The van der Waals surface area contributed by atoms with Gasteiger partial charge in [-0.2, -0.15) is 4.57 Å². The number of fused-ring (bicyclic) bond motifs is 2. The van der Waals surface area contributed by atoms with Gasteiger partial charge < -0.3 is 64.8 Å². The Labute approximate surface area is 281 Å². The zero-order chi connectivity index (χ0) is 26.5. The number of para-hydroxylation sites is 2. The van der Waals surface area contributed by atoms with Gasteiger partial charge in [-0.3, -0.25) is 0 Å². The first-order chi connectivity index (χ1) is 17.6. The monoisotopic (exact) mass is 772 g/mol. The van der Waals surface area contributed by atoms with E-state index in [-0.39, 0.29) is 50.9 Å². The molecule has 9 heteroatoms. The standard InChI is InChI=1S/C31H43N4S2.3BrH/c1-34(2,3)24-14-22-32-26-16-10-12-18-28(26)36-30(32)20-8-7-9-21-31-33(23-15-25-35(4,5)6)27-17-11-13-19-29(27)37-31;;;/h7-13,16-21H,14-15,22-25H2,1-6H3;3*1H/q+3;;;/p-3. The van der Waals surface area contributed by atoms with Crippen LogP contribution in [0, 0.1) is 0 Å². The van der Waals surface area contributed by atoms with Gasteiger partial charge in [0.2, 0.25) is 5.52 Å². The number of nitrogens with zero attached hydrogens (tertiary/aromatic N) is 4. The molecule has 1 aliphatic heterocycles. The van der Waals surface area contributed by atoms with Crippen LogP contribution >= 0.6 is 23.1 Å². The summed E-state index contributed by atoms with van der Waals surface area (Å²) in [5.74, 6) is 0. The molecule has 0 unspecified atom stereocenters. The van der Waals surface area contributed by atoms with E-state index in [4.69, 9.17) is 0 Å². The Morgan fingerprint density at radius 1 is 0.775 bits per heavy atom. The van der Waals surface area contributed by atoms with Gasteiger partial charge >= 0.3 is 0 Å². The van der Waals surface area contributed by atoms with Crippen LogP contribution in [0.3, 0.4) is 0 Å². The third-order valence-electron chi connectivity index (χ3n) is 6.39. The summed E-state index contributed by atoms with van der Waals surface area (Å²) in [6.45, 7) is 4.42. The zero-order valence-corrected chi connectivity index (χ0v) is 30.9. The highest BCUT2D eigenvalue weighted by Crippen LogP contribution is 2.45. The van der Waals surface area contributed by atoms with Crippen molar-refractivity contribution in [2.24, 2.45) is 0 Å². The highest BCUT2D eigenvalue weighted by Gasteiger charge is 2.24. The first-order valence-corrected chi connectivity index (χ1v) is 14.9. The SMILES string of the molecule is C[N+](C)(C)CCCN1C(=CC=CC=Cc2sc3ccccc3[n+]2CCC[N+](C)(C)C)Sc2ccccc21.[Br-].[Br-].[Br-]. The summed E-state index contributed by atoms with van der Waals surface area (Å²) >= 11 is 3.75. The predicted octanol–water partition coefficient (Wildman–Crippen LogP) is -2.58. The molecular formula is C31H43Br3N4S2. The molecule has 0 bridgehead atoms.